The second-order valence-corrected chi connectivity index (χ2v) is 7.08. The van der Waals surface area contributed by atoms with E-state index in [1.165, 1.54) is 109 Å². The minimum Gasteiger partial charge on any atom is -0.396 e. The molecule has 0 saturated carbocycles. The van der Waals surface area contributed by atoms with E-state index >= 15 is 0 Å². The normalized spacial score (nSPS) is 11.6. The van der Waals surface area contributed by atoms with Crippen LogP contribution in [0, 0.1) is 0 Å². The maximum atomic E-state index is 8.71. The number of unbranched alkanes of at least 4 members (excludes halogenated alkanes) is 16. The Morgan fingerprint density at radius 2 is 0.826 bits per heavy atom. The Kier molecular flexibility index (Phi) is 21.4. The Bertz CT molecular complexity index is 222. The summed E-state index contributed by atoms with van der Waals surface area (Å²) in [7, 11) is 0. The van der Waals surface area contributed by atoms with Gasteiger partial charge in [-0.2, -0.15) is 0 Å². The zero-order chi connectivity index (χ0) is 16.8. The van der Waals surface area contributed by atoms with E-state index in [-0.39, 0.29) is 0 Å². The summed E-state index contributed by atoms with van der Waals surface area (Å²) in [6.45, 7) is 2.63. The maximum Gasteiger partial charge on any atom is 0.0431 e. The largest absolute Gasteiger partial charge is 0.396 e. The summed E-state index contributed by atoms with van der Waals surface area (Å²) in [5.41, 5.74) is 0. The summed E-state index contributed by atoms with van der Waals surface area (Å²) >= 11 is 0. The van der Waals surface area contributed by atoms with Crippen LogP contribution < -0.4 is 0 Å². The molecule has 23 heavy (non-hydrogen) atoms. The highest BCUT2D eigenvalue weighted by atomic mass is 16.2. The molecule has 0 saturated heterocycles. The lowest BCUT2D eigenvalue weighted by Gasteiger charge is -2.03. The second-order valence-electron chi connectivity index (χ2n) is 7.08. The fourth-order valence-corrected chi connectivity index (χ4v) is 3.05. The third-order valence-corrected chi connectivity index (χ3v) is 4.67. The average Bonchev–Trinajstić information content (AvgIpc) is 2.57. The van der Waals surface area contributed by atoms with Crippen molar-refractivity contribution in [3.05, 3.63) is 12.2 Å². The summed E-state index contributed by atoms with van der Waals surface area (Å²) in [5.74, 6) is 0. The van der Waals surface area contributed by atoms with Gasteiger partial charge in [0.1, 0.15) is 0 Å². The van der Waals surface area contributed by atoms with Crippen LogP contribution in [0.5, 0.6) is 0 Å². The van der Waals surface area contributed by atoms with Gasteiger partial charge in [-0.25, -0.2) is 0 Å². The number of rotatable bonds is 19. The fourth-order valence-electron chi connectivity index (χ4n) is 3.05. The van der Waals surface area contributed by atoms with Crippen LogP contribution in [-0.4, -0.2) is 11.7 Å². The molecule has 0 bridgehead atoms. The minimum atomic E-state index is 0.371. The van der Waals surface area contributed by atoms with E-state index in [0.29, 0.717) is 6.61 Å². The molecule has 0 aliphatic rings. The van der Waals surface area contributed by atoms with Crippen LogP contribution in [0.4, 0.5) is 0 Å². The van der Waals surface area contributed by atoms with Crippen LogP contribution in [0.25, 0.3) is 0 Å². The van der Waals surface area contributed by atoms with Crippen molar-refractivity contribution < 1.29 is 5.11 Å². The average molecular weight is 325 g/mol. The van der Waals surface area contributed by atoms with E-state index < -0.39 is 0 Å². The van der Waals surface area contributed by atoms with Crippen molar-refractivity contribution in [1.29, 1.82) is 0 Å². The molecule has 1 nitrogen and oxygen atoms in total. The van der Waals surface area contributed by atoms with Gasteiger partial charge in [0.25, 0.3) is 0 Å². The van der Waals surface area contributed by atoms with E-state index in [1.807, 2.05) is 0 Å². The highest BCUT2D eigenvalue weighted by Crippen LogP contribution is 2.13. The number of aliphatic hydroxyl groups is 1. The third-order valence-electron chi connectivity index (χ3n) is 4.67. The number of hydrogen-bond acceptors (Lipinski definition) is 1. The zero-order valence-electron chi connectivity index (χ0n) is 16.0. The van der Waals surface area contributed by atoms with Crippen molar-refractivity contribution in [3.63, 3.8) is 0 Å². The Morgan fingerprint density at radius 3 is 1.22 bits per heavy atom. The van der Waals surface area contributed by atoms with Crippen LogP contribution in [0.2, 0.25) is 0 Å². The van der Waals surface area contributed by atoms with Gasteiger partial charge < -0.3 is 5.11 Å². The van der Waals surface area contributed by atoms with E-state index in [2.05, 4.69) is 19.1 Å². The van der Waals surface area contributed by atoms with Gasteiger partial charge in [-0.05, 0) is 25.7 Å². The van der Waals surface area contributed by atoms with Gasteiger partial charge >= 0.3 is 0 Å². The molecule has 0 atom stereocenters. The van der Waals surface area contributed by atoms with Crippen LogP contribution >= 0.6 is 0 Å². The number of aliphatic hydroxyl groups excluding tert-OH is 1. The molecule has 0 fully saturated rings. The highest BCUT2D eigenvalue weighted by molar-refractivity contribution is 4.81. The van der Waals surface area contributed by atoms with Crippen molar-refractivity contribution in [1.82, 2.24) is 0 Å². The predicted molar refractivity (Wildman–Crippen MR) is 105 cm³/mol. The van der Waals surface area contributed by atoms with Crippen molar-refractivity contribution >= 4 is 0 Å². The molecule has 0 aliphatic carbocycles. The second kappa shape index (κ2) is 21.7. The first-order valence-electron chi connectivity index (χ1n) is 10.7. The third kappa shape index (κ3) is 21.7. The lowest BCUT2D eigenvalue weighted by molar-refractivity contribution is 0.282. The lowest BCUT2D eigenvalue weighted by atomic mass is 10.0. The van der Waals surface area contributed by atoms with Gasteiger partial charge in [0.2, 0.25) is 0 Å². The first-order chi connectivity index (χ1) is 11.4. The van der Waals surface area contributed by atoms with Gasteiger partial charge in [0.15, 0.2) is 0 Å². The van der Waals surface area contributed by atoms with Gasteiger partial charge in [0.05, 0.1) is 0 Å². The van der Waals surface area contributed by atoms with Crippen molar-refractivity contribution in [2.75, 3.05) is 6.61 Å². The van der Waals surface area contributed by atoms with Gasteiger partial charge in [0, 0.05) is 6.61 Å². The SMILES string of the molecule is CCCCC=CCCCCCCCCCCCCCCCCO. The summed E-state index contributed by atoms with van der Waals surface area (Å²) in [4.78, 5) is 0. The first-order valence-corrected chi connectivity index (χ1v) is 10.7. The topological polar surface area (TPSA) is 20.2 Å². The van der Waals surface area contributed by atoms with Crippen molar-refractivity contribution in [2.45, 2.75) is 122 Å². The lowest BCUT2D eigenvalue weighted by Crippen LogP contribution is -1.85. The Balaban J connectivity index is 2.98. The molecule has 0 radical (unpaired) electrons. The van der Waals surface area contributed by atoms with Crippen LogP contribution in [0.15, 0.2) is 12.2 Å². The number of hydrogen-bond donors (Lipinski definition) is 1. The molecule has 0 aliphatic heterocycles. The molecule has 0 rings (SSSR count). The quantitative estimate of drug-likeness (QED) is 0.192. The first kappa shape index (κ1) is 22.7. The van der Waals surface area contributed by atoms with Gasteiger partial charge in [-0.1, -0.05) is 109 Å². The Labute approximate surface area is 147 Å². The van der Waals surface area contributed by atoms with E-state index in [9.17, 15) is 0 Å². The molecule has 0 aromatic carbocycles. The molecule has 0 spiro atoms. The van der Waals surface area contributed by atoms with Crippen molar-refractivity contribution in [2.24, 2.45) is 0 Å². The van der Waals surface area contributed by atoms with Gasteiger partial charge in [-0.3, -0.25) is 0 Å². The van der Waals surface area contributed by atoms with E-state index in [4.69, 9.17) is 5.11 Å². The molecule has 138 valence electrons. The highest BCUT2D eigenvalue weighted by Gasteiger charge is 1.94. The van der Waals surface area contributed by atoms with Crippen molar-refractivity contribution in [3.8, 4) is 0 Å². The fraction of sp³-hybridized carbons (Fsp3) is 0.909. The standard InChI is InChI=1S/C22H44O/c1-2-3-4-5-6-7-8-9-10-11-12-13-14-15-16-17-18-19-20-21-22-23/h5-6,23H,2-4,7-22H2,1H3. The van der Waals surface area contributed by atoms with Crippen LogP contribution in [0.1, 0.15) is 122 Å². The molecule has 0 heterocycles. The molecule has 0 unspecified atom stereocenters. The van der Waals surface area contributed by atoms with Crippen LogP contribution in [-0.2, 0) is 0 Å². The minimum absolute atomic E-state index is 0.371. The smallest absolute Gasteiger partial charge is 0.0431 e. The molecule has 0 amide bonds. The van der Waals surface area contributed by atoms with Gasteiger partial charge in [-0.15, -0.1) is 0 Å². The summed E-state index contributed by atoms with van der Waals surface area (Å²) in [6.07, 6.45) is 29.2. The number of allylic oxidation sites excluding steroid dienone is 2. The molecular formula is C22H44O. The van der Waals surface area contributed by atoms with E-state index in [1.54, 1.807) is 0 Å². The summed E-state index contributed by atoms with van der Waals surface area (Å²) in [6, 6.07) is 0. The summed E-state index contributed by atoms with van der Waals surface area (Å²) in [5, 5.41) is 8.71. The molecule has 0 aromatic rings. The molecule has 0 aromatic heterocycles. The Hall–Kier alpha value is -0.300. The van der Waals surface area contributed by atoms with Crippen LogP contribution in [0.3, 0.4) is 0 Å². The predicted octanol–water partition coefficient (Wildman–Crippen LogP) is 7.58. The summed E-state index contributed by atoms with van der Waals surface area (Å²) < 4.78 is 0. The monoisotopic (exact) mass is 324 g/mol. The Morgan fingerprint density at radius 1 is 0.478 bits per heavy atom. The van der Waals surface area contributed by atoms with E-state index in [0.717, 1.165) is 6.42 Å². The molecule has 1 N–H and O–H groups in total. The molecular weight excluding hydrogens is 280 g/mol. The molecule has 1 heteroatoms. The maximum absolute atomic E-state index is 8.71. The zero-order valence-corrected chi connectivity index (χ0v) is 16.0.